The number of Topliss-reactive ketones (excluding diaryl/α,β-unsaturated/α-hetero) is 1. The van der Waals surface area contributed by atoms with Crippen molar-refractivity contribution in [3.8, 4) is 5.75 Å². The SMILES string of the molecule is Cc1nc2ccc(Cl)cn2c1C(=O)CCc1ccc(N2CCN(c3ccc(OC(F)(F)F)cc3)[C@H](C)C2)c(F)c1.Cl. The van der Waals surface area contributed by atoms with Crippen molar-refractivity contribution < 1.29 is 27.1 Å². The fourth-order valence-electron chi connectivity index (χ4n) is 5.21. The first kappa shape index (κ1) is 30.5. The van der Waals surface area contributed by atoms with Crippen LogP contribution < -0.4 is 14.5 Å². The van der Waals surface area contributed by atoms with Crippen LogP contribution in [-0.2, 0) is 6.42 Å². The van der Waals surface area contributed by atoms with Crippen LogP contribution in [0.15, 0.2) is 60.8 Å². The predicted molar refractivity (Wildman–Crippen MR) is 153 cm³/mol. The number of nitrogens with zero attached hydrogens (tertiary/aromatic N) is 4. The van der Waals surface area contributed by atoms with Crippen molar-refractivity contribution in [2.24, 2.45) is 0 Å². The Balaban J connectivity index is 0.00000387. The highest BCUT2D eigenvalue weighted by atomic mass is 35.5. The van der Waals surface area contributed by atoms with Gasteiger partial charge in [-0.3, -0.25) is 9.20 Å². The largest absolute Gasteiger partial charge is 0.573 e. The van der Waals surface area contributed by atoms with Gasteiger partial charge in [0, 0.05) is 44.0 Å². The summed E-state index contributed by atoms with van der Waals surface area (Å²) in [6.45, 7) is 5.40. The van der Waals surface area contributed by atoms with E-state index in [-0.39, 0.29) is 42.2 Å². The number of hydrogen-bond donors (Lipinski definition) is 0. The molecule has 1 aliphatic rings. The lowest BCUT2D eigenvalue weighted by Crippen LogP contribution is -2.52. The highest BCUT2D eigenvalue weighted by Gasteiger charge is 2.31. The normalized spacial score (nSPS) is 15.6. The number of alkyl halides is 3. The molecule has 218 valence electrons. The van der Waals surface area contributed by atoms with Gasteiger partial charge in [0.25, 0.3) is 0 Å². The summed E-state index contributed by atoms with van der Waals surface area (Å²) in [6.07, 6.45) is -2.50. The first-order valence-electron chi connectivity index (χ1n) is 12.8. The third kappa shape index (κ3) is 6.87. The maximum Gasteiger partial charge on any atom is 0.573 e. The number of ether oxygens (including phenoxy) is 1. The fraction of sp³-hybridized carbons (Fsp3) is 0.310. The third-order valence-electron chi connectivity index (χ3n) is 7.04. The van der Waals surface area contributed by atoms with Crippen molar-refractivity contribution >= 4 is 46.8 Å². The Kier molecular flexibility index (Phi) is 9.03. The van der Waals surface area contributed by atoms with E-state index in [1.54, 1.807) is 47.9 Å². The molecule has 0 N–H and O–H groups in total. The molecule has 0 bridgehead atoms. The molecule has 1 aliphatic heterocycles. The average Bonchev–Trinajstić information content (AvgIpc) is 3.22. The van der Waals surface area contributed by atoms with Gasteiger partial charge in [0.1, 0.15) is 22.9 Å². The summed E-state index contributed by atoms with van der Waals surface area (Å²) in [5.74, 6) is -0.735. The Labute approximate surface area is 245 Å². The lowest BCUT2D eigenvalue weighted by Gasteiger charge is -2.42. The number of fused-ring (bicyclic) bond motifs is 1. The minimum atomic E-state index is -4.74. The van der Waals surface area contributed by atoms with Crippen molar-refractivity contribution in [3.63, 3.8) is 0 Å². The van der Waals surface area contributed by atoms with Crippen LogP contribution in [0.4, 0.5) is 28.9 Å². The molecule has 4 aromatic rings. The first-order chi connectivity index (χ1) is 19.0. The van der Waals surface area contributed by atoms with Gasteiger partial charge >= 0.3 is 6.36 Å². The van der Waals surface area contributed by atoms with Crippen LogP contribution in [0.3, 0.4) is 0 Å². The van der Waals surface area contributed by atoms with Gasteiger partial charge in [0.15, 0.2) is 5.78 Å². The summed E-state index contributed by atoms with van der Waals surface area (Å²) in [5, 5.41) is 0.500. The fourth-order valence-corrected chi connectivity index (χ4v) is 5.37. The van der Waals surface area contributed by atoms with E-state index in [9.17, 15) is 18.0 Å². The number of imidazole rings is 1. The lowest BCUT2D eigenvalue weighted by atomic mass is 10.0. The number of benzene rings is 2. The van der Waals surface area contributed by atoms with E-state index >= 15 is 4.39 Å². The Morgan fingerprint density at radius 3 is 2.49 bits per heavy atom. The molecule has 0 spiro atoms. The predicted octanol–water partition coefficient (Wildman–Crippen LogP) is 7.29. The minimum Gasteiger partial charge on any atom is -0.406 e. The third-order valence-corrected chi connectivity index (χ3v) is 7.27. The van der Waals surface area contributed by atoms with Gasteiger partial charge in [0.2, 0.25) is 0 Å². The molecule has 1 fully saturated rings. The van der Waals surface area contributed by atoms with Crippen molar-refractivity contribution in [1.82, 2.24) is 9.38 Å². The number of ketones is 1. The van der Waals surface area contributed by atoms with Crippen LogP contribution in [0.25, 0.3) is 5.65 Å². The minimum absolute atomic E-state index is 0. The molecule has 2 aromatic heterocycles. The van der Waals surface area contributed by atoms with Gasteiger partial charge in [-0.25, -0.2) is 9.37 Å². The number of rotatable bonds is 7. The molecule has 41 heavy (non-hydrogen) atoms. The standard InChI is InChI=1S/C29H27ClF4N4O2.ClH/c1-18-16-36(13-14-37(18)22-6-8-23(9-7-22)40-29(32,33)34)25-10-3-20(15-24(25)31)4-11-26(39)28-19(2)35-27-12-5-21(30)17-38(27)28;/h3,5-10,12,15,17-18H,4,11,13-14,16H2,1-2H3;1H/t18-;/m1./s1. The summed E-state index contributed by atoms with van der Waals surface area (Å²) in [5.41, 5.74) is 3.69. The quantitative estimate of drug-likeness (QED) is 0.162. The van der Waals surface area contributed by atoms with E-state index < -0.39 is 6.36 Å². The summed E-state index contributed by atoms with van der Waals surface area (Å²) in [6, 6.07) is 14.3. The number of aromatic nitrogens is 2. The van der Waals surface area contributed by atoms with Crippen molar-refractivity contribution in [3.05, 3.63) is 88.6 Å². The van der Waals surface area contributed by atoms with Crippen molar-refractivity contribution in [2.75, 3.05) is 29.4 Å². The molecule has 6 nitrogen and oxygen atoms in total. The van der Waals surface area contributed by atoms with Gasteiger partial charge in [-0.15, -0.1) is 25.6 Å². The molecular weight excluding hydrogens is 583 g/mol. The molecule has 12 heteroatoms. The lowest BCUT2D eigenvalue weighted by molar-refractivity contribution is -0.274. The molecule has 1 saturated heterocycles. The summed E-state index contributed by atoms with van der Waals surface area (Å²) >= 11 is 6.10. The zero-order valence-corrected chi connectivity index (χ0v) is 23.9. The Bertz CT molecular complexity index is 1540. The highest BCUT2D eigenvalue weighted by molar-refractivity contribution is 6.30. The number of piperazine rings is 1. The molecule has 0 saturated carbocycles. The van der Waals surface area contributed by atoms with E-state index in [0.717, 1.165) is 5.69 Å². The van der Waals surface area contributed by atoms with E-state index in [1.807, 2.05) is 17.9 Å². The number of pyridine rings is 1. The van der Waals surface area contributed by atoms with Crippen LogP contribution in [0.1, 0.15) is 35.1 Å². The van der Waals surface area contributed by atoms with Gasteiger partial charge in [-0.2, -0.15) is 0 Å². The van der Waals surface area contributed by atoms with Gasteiger partial charge in [-0.05, 0) is 74.4 Å². The molecule has 3 heterocycles. The molecule has 0 amide bonds. The summed E-state index contributed by atoms with van der Waals surface area (Å²) in [7, 11) is 0. The van der Waals surface area contributed by atoms with Crippen LogP contribution in [0.2, 0.25) is 5.02 Å². The van der Waals surface area contributed by atoms with Crippen LogP contribution >= 0.6 is 24.0 Å². The van der Waals surface area contributed by atoms with Crippen LogP contribution in [-0.4, -0.2) is 47.2 Å². The number of carbonyl (C=O) groups excluding carboxylic acids is 1. The van der Waals surface area contributed by atoms with E-state index in [1.165, 1.54) is 18.2 Å². The number of hydrogen-bond acceptors (Lipinski definition) is 5. The summed E-state index contributed by atoms with van der Waals surface area (Å²) < 4.78 is 58.2. The van der Waals surface area contributed by atoms with E-state index in [2.05, 4.69) is 14.6 Å². The molecule has 2 aromatic carbocycles. The van der Waals surface area contributed by atoms with Crippen LogP contribution in [0, 0.1) is 12.7 Å². The number of carbonyl (C=O) groups is 1. The second kappa shape index (κ2) is 12.2. The highest BCUT2D eigenvalue weighted by Crippen LogP contribution is 2.30. The van der Waals surface area contributed by atoms with E-state index in [0.29, 0.717) is 59.4 Å². The topological polar surface area (TPSA) is 50.1 Å². The maximum atomic E-state index is 15.2. The van der Waals surface area contributed by atoms with Gasteiger partial charge in [0.05, 0.1) is 16.4 Å². The average molecular weight is 611 g/mol. The number of halogens is 6. The van der Waals surface area contributed by atoms with E-state index in [4.69, 9.17) is 11.6 Å². The number of anilines is 2. The zero-order chi connectivity index (χ0) is 28.6. The first-order valence-corrected chi connectivity index (χ1v) is 13.2. The second-order valence-corrected chi connectivity index (χ2v) is 10.3. The van der Waals surface area contributed by atoms with Gasteiger partial charge in [-0.1, -0.05) is 17.7 Å². The smallest absolute Gasteiger partial charge is 0.406 e. The number of aryl methyl sites for hydroxylation is 2. The Hall–Kier alpha value is -3.50. The zero-order valence-electron chi connectivity index (χ0n) is 22.3. The van der Waals surface area contributed by atoms with Crippen LogP contribution in [0.5, 0.6) is 5.75 Å². The second-order valence-electron chi connectivity index (χ2n) is 9.86. The Morgan fingerprint density at radius 2 is 1.83 bits per heavy atom. The maximum absolute atomic E-state index is 15.2. The van der Waals surface area contributed by atoms with Gasteiger partial charge < -0.3 is 14.5 Å². The molecular formula is C29H28Cl2F4N4O2. The molecule has 5 rings (SSSR count). The summed E-state index contributed by atoms with van der Waals surface area (Å²) in [4.78, 5) is 21.5. The van der Waals surface area contributed by atoms with Crippen molar-refractivity contribution in [2.45, 2.75) is 39.1 Å². The monoisotopic (exact) mass is 610 g/mol. The molecule has 0 radical (unpaired) electrons. The molecule has 1 atom stereocenters. The van der Waals surface area contributed by atoms with Crippen molar-refractivity contribution in [1.29, 1.82) is 0 Å². The molecule has 0 unspecified atom stereocenters. The molecule has 0 aliphatic carbocycles. The Morgan fingerprint density at radius 1 is 1.10 bits per heavy atom.